The highest BCUT2D eigenvalue weighted by atomic mass is 35.5. The quantitative estimate of drug-likeness (QED) is 0.584. The molecule has 2 aromatic rings. The third-order valence-corrected chi connectivity index (χ3v) is 7.74. The first-order valence-electron chi connectivity index (χ1n) is 9.47. The molecule has 1 aliphatic heterocycles. The molecule has 1 heterocycles. The van der Waals surface area contributed by atoms with E-state index in [9.17, 15) is 13.2 Å². The number of carbonyl (C=O) groups excluding carboxylic acids is 1. The zero-order valence-corrected chi connectivity index (χ0v) is 18.7. The second-order valence-electron chi connectivity index (χ2n) is 6.86. The molecule has 0 atom stereocenters. The number of piperazine rings is 1. The molecule has 3 rings (SSSR count). The van der Waals surface area contributed by atoms with Crippen LogP contribution in [0.5, 0.6) is 0 Å². The second-order valence-corrected chi connectivity index (χ2v) is 9.55. The fourth-order valence-corrected chi connectivity index (χ4v) is 5.86. The van der Waals surface area contributed by atoms with Crippen LogP contribution < -0.4 is 4.90 Å². The van der Waals surface area contributed by atoms with Crippen molar-refractivity contribution in [3.63, 3.8) is 0 Å². The van der Waals surface area contributed by atoms with Gasteiger partial charge in [-0.3, -0.25) is 9.69 Å². The van der Waals surface area contributed by atoms with Crippen molar-refractivity contribution >= 4 is 44.8 Å². The first-order valence-corrected chi connectivity index (χ1v) is 11.7. The Balaban J connectivity index is 1.65. The van der Waals surface area contributed by atoms with Crippen molar-refractivity contribution in [2.24, 2.45) is 0 Å². The van der Waals surface area contributed by atoms with Gasteiger partial charge in [0.15, 0.2) is 0 Å². The highest BCUT2D eigenvalue weighted by Crippen LogP contribution is 2.31. The molecule has 9 heteroatoms. The molecule has 0 unspecified atom stereocenters. The van der Waals surface area contributed by atoms with Gasteiger partial charge in [0.05, 0.1) is 16.6 Å². The molecule has 1 saturated heterocycles. The Morgan fingerprint density at radius 1 is 1.00 bits per heavy atom. The normalized spacial score (nSPS) is 15.7. The van der Waals surface area contributed by atoms with Gasteiger partial charge in [0.1, 0.15) is 4.90 Å². The number of halogens is 2. The van der Waals surface area contributed by atoms with Crippen LogP contribution in [0, 0.1) is 0 Å². The number of nitrogens with zero attached hydrogens (tertiary/aromatic N) is 3. The Bertz CT molecular complexity index is 987. The summed E-state index contributed by atoms with van der Waals surface area (Å²) in [7, 11) is -3.81. The maximum Gasteiger partial charge on any atom is 0.246 e. The van der Waals surface area contributed by atoms with E-state index < -0.39 is 10.0 Å². The number of rotatable bonds is 7. The zero-order chi connectivity index (χ0) is 21.7. The van der Waals surface area contributed by atoms with E-state index in [0.717, 1.165) is 5.69 Å². The maximum absolute atomic E-state index is 13.0. The molecular weight excluding hydrogens is 445 g/mol. The Morgan fingerprint density at radius 2 is 1.60 bits per heavy atom. The van der Waals surface area contributed by atoms with Crippen LogP contribution in [0.4, 0.5) is 5.69 Å². The average Bonchev–Trinajstić information content (AvgIpc) is 2.72. The fourth-order valence-electron chi connectivity index (χ4n) is 3.35. The van der Waals surface area contributed by atoms with Gasteiger partial charge in [0, 0.05) is 38.4 Å². The van der Waals surface area contributed by atoms with Crippen LogP contribution in [-0.2, 0) is 14.8 Å². The zero-order valence-electron chi connectivity index (χ0n) is 16.4. The minimum absolute atomic E-state index is 0.0634. The molecule has 0 aromatic heterocycles. The van der Waals surface area contributed by atoms with E-state index in [0.29, 0.717) is 19.6 Å². The molecule has 0 aliphatic carbocycles. The smallest absolute Gasteiger partial charge is 0.246 e. The van der Waals surface area contributed by atoms with Crippen molar-refractivity contribution in [3.05, 3.63) is 71.2 Å². The van der Waals surface area contributed by atoms with Gasteiger partial charge in [-0.05, 0) is 24.3 Å². The van der Waals surface area contributed by atoms with Gasteiger partial charge >= 0.3 is 0 Å². The van der Waals surface area contributed by atoms with Crippen LogP contribution in [0.3, 0.4) is 0 Å². The first-order chi connectivity index (χ1) is 14.3. The molecule has 2 aromatic carbocycles. The van der Waals surface area contributed by atoms with E-state index in [1.165, 1.54) is 16.4 Å². The summed E-state index contributed by atoms with van der Waals surface area (Å²) in [5.41, 5.74) is 0.803. The first kappa shape index (κ1) is 22.8. The lowest BCUT2D eigenvalue weighted by Crippen LogP contribution is -2.51. The van der Waals surface area contributed by atoms with Crippen molar-refractivity contribution in [1.82, 2.24) is 9.21 Å². The molecule has 0 spiro atoms. The number of hydrogen-bond acceptors (Lipinski definition) is 4. The fraction of sp³-hybridized carbons (Fsp3) is 0.286. The molecule has 0 bridgehead atoms. The lowest BCUT2D eigenvalue weighted by molar-refractivity contribution is -0.119. The number of carbonyl (C=O) groups is 1. The summed E-state index contributed by atoms with van der Waals surface area (Å²) < 4.78 is 27.3. The number of hydrogen-bond donors (Lipinski definition) is 0. The minimum Gasteiger partial charge on any atom is -0.308 e. The van der Waals surface area contributed by atoms with Gasteiger partial charge in [0.2, 0.25) is 15.9 Å². The molecular formula is C21H23Cl2N3O3S. The molecule has 0 saturated carbocycles. The Morgan fingerprint density at radius 3 is 2.17 bits per heavy atom. The Hall–Kier alpha value is -1.90. The van der Waals surface area contributed by atoms with E-state index in [1.54, 1.807) is 17.0 Å². The highest BCUT2D eigenvalue weighted by molar-refractivity contribution is 7.89. The third kappa shape index (κ3) is 5.04. The summed E-state index contributed by atoms with van der Waals surface area (Å²) in [6, 6.07) is 14.0. The maximum atomic E-state index is 13.0. The second kappa shape index (κ2) is 9.94. The summed E-state index contributed by atoms with van der Waals surface area (Å²) in [5, 5.41) is 0.200. The summed E-state index contributed by atoms with van der Waals surface area (Å²) in [6.07, 6.45) is 1.68. The van der Waals surface area contributed by atoms with Gasteiger partial charge < -0.3 is 4.90 Å². The molecule has 1 aliphatic rings. The van der Waals surface area contributed by atoms with Crippen LogP contribution >= 0.6 is 23.2 Å². The molecule has 1 amide bonds. The van der Waals surface area contributed by atoms with E-state index >= 15 is 0 Å². The monoisotopic (exact) mass is 467 g/mol. The molecule has 1 fully saturated rings. The lowest BCUT2D eigenvalue weighted by Gasteiger charge is -2.34. The SMILES string of the molecule is C=CCN(C(=O)CN1CCN(S(=O)(=O)c2c(Cl)cccc2Cl)CC1)c1ccccc1. The molecule has 160 valence electrons. The molecule has 0 N–H and O–H groups in total. The molecule has 30 heavy (non-hydrogen) atoms. The van der Waals surface area contributed by atoms with E-state index in [4.69, 9.17) is 23.2 Å². The lowest BCUT2D eigenvalue weighted by atomic mass is 10.2. The van der Waals surface area contributed by atoms with E-state index in [2.05, 4.69) is 6.58 Å². The number of sulfonamides is 1. The molecule has 0 radical (unpaired) electrons. The van der Waals surface area contributed by atoms with Crippen molar-refractivity contribution in [2.75, 3.05) is 44.2 Å². The predicted molar refractivity (Wildman–Crippen MR) is 121 cm³/mol. The van der Waals surface area contributed by atoms with E-state index in [1.807, 2.05) is 35.2 Å². The summed E-state index contributed by atoms with van der Waals surface area (Å²) in [5.74, 6) is -0.0634. The van der Waals surface area contributed by atoms with Gasteiger partial charge in [-0.15, -0.1) is 6.58 Å². The standard InChI is InChI=1S/C21H23Cl2N3O3S/c1-2-11-26(17-7-4-3-5-8-17)20(27)16-24-12-14-25(15-13-24)30(28,29)21-18(22)9-6-10-19(21)23/h2-10H,1,11-16H2. The topological polar surface area (TPSA) is 60.9 Å². The average molecular weight is 468 g/mol. The van der Waals surface area contributed by atoms with Gasteiger partial charge in [-0.25, -0.2) is 8.42 Å². The van der Waals surface area contributed by atoms with Gasteiger partial charge in [-0.2, -0.15) is 4.31 Å². The van der Waals surface area contributed by atoms with Gasteiger partial charge in [0.25, 0.3) is 0 Å². The van der Waals surface area contributed by atoms with E-state index in [-0.39, 0.29) is 40.5 Å². The van der Waals surface area contributed by atoms with Crippen molar-refractivity contribution in [1.29, 1.82) is 0 Å². The van der Waals surface area contributed by atoms with Crippen LogP contribution in [0.2, 0.25) is 10.0 Å². The summed E-state index contributed by atoms with van der Waals surface area (Å²) in [6.45, 7) is 5.71. The van der Waals surface area contributed by atoms with Crippen LogP contribution in [-0.4, -0.2) is 62.8 Å². The van der Waals surface area contributed by atoms with Crippen LogP contribution in [0.15, 0.2) is 66.1 Å². The van der Waals surface area contributed by atoms with Crippen molar-refractivity contribution in [3.8, 4) is 0 Å². The Kier molecular flexibility index (Phi) is 7.55. The third-order valence-electron chi connectivity index (χ3n) is 4.89. The minimum atomic E-state index is -3.81. The number of anilines is 1. The highest BCUT2D eigenvalue weighted by Gasteiger charge is 2.32. The van der Waals surface area contributed by atoms with Crippen LogP contribution in [0.1, 0.15) is 0 Å². The van der Waals surface area contributed by atoms with Gasteiger partial charge in [-0.1, -0.05) is 53.5 Å². The number of para-hydroxylation sites is 1. The molecule has 6 nitrogen and oxygen atoms in total. The summed E-state index contributed by atoms with van der Waals surface area (Å²) in [4.78, 5) is 16.4. The number of benzene rings is 2. The largest absolute Gasteiger partial charge is 0.308 e. The predicted octanol–water partition coefficient (Wildman–Crippen LogP) is 3.52. The van der Waals surface area contributed by atoms with Crippen molar-refractivity contribution in [2.45, 2.75) is 4.90 Å². The van der Waals surface area contributed by atoms with Crippen LogP contribution in [0.25, 0.3) is 0 Å². The van der Waals surface area contributed by atoms with Crippen molar-refractivity contribution < 1.29 is 13.2 Å². The Labute approximate surface area is 187 Å². The summed E-state index contributed by atoms with van der Waals surface area (Å²) >= 11 is 12.2. The number of amides is 1.